The molecule has 2 N–H and O–H groups in total. The molecule has 1 aliphatic rings. The van der Waals surface area contributed by atoms with Crippen molar-refractivity contribution in [2.24, 2.45) is 18.7 Å². The van der Waals surface area contributed by atoms with Crippen LogP contribution in [0, 0.1) is 5.92 Å². The first-order chi connectivity index (χ1) is 10.1. The molecule has 21 heavy (non-hydrogen) atoms. The van der Waals surface area contributed by atoms with E-state index in [2.05, 4.69) is 35.9 Å². The van der Waals surface area contributed by atoms with Crippen LogP contribution in [0.5, 0.6) is 0 Å². The third-order valence-corrected chi connectivity index (χ3v) is 4.42. The van der Waals surface area contributed by atoms with Crippen molar-refractivity contribution in [1.82, 2.24) is 19.7 Å². The summed E-state index contributed by atoms with van der Waals surface area (Å²) in [5.74, 6) is 0.920. The number of aromatic nitrogens is 4. The lowest BCUT2D eigenvalue weighted by atomic mass is 9.94. The molecule has 1 fully saturated rings. The lowest BCUT2D eigenvalue weighted by Crippen LogP contribution is -2.37. The van der Waals surface area contributed by atoms with Crippen LogP contribution in [0.25, 0.3) is 11.0 Å². The van der Waals surface area contributed by atoms with Crippen LogP contribution in [0.2, 0.25) is 0 Å². The number of nitrogens with zero attached hydrogens (tertiary/aromatic N) is 5. The van der Waals surface area contributed by atoms with Crippen LogP contribution in [-0.4, -0.2) is 38.7 Å². The number of anilines is 1. The molecule has 3 heterocycles. The lowest BCUT2D eigenvalue weighted by molar-refractivity contribution is -0.118. The van der Waals surface area contributed by atoms with Gasteiger partial charge in [0.2, 0.25) is 5.91 Å². The molecule has 2 aromatic heterocycles. The number of nitrogens with two attached hydrogens (primary N) is 1. The number of rotatable bonds is 3. The highest BCUT2D eigenvalue weighted by Crippen LogP contribution is 2.32. The van der Waals surface area contributed by atoms with E-state index in [0.717, 1.165) is 47.4 Å². The highest BCUT2D eigenvalue weighted by molar-refractivity contribution is 9.10. The fourth-order valence-corrected chi connectivity index (χ4v) is 3.57. The highest BCUT2D eigenvalue weighted by atomic mass is 79.9. The summed E-state index contributed by atoms with van der Waals surface area (Å²) in [6.45, 7) is 1.71. The van der Waals surface area contributed by atoms with Crippen LogP contribution in [0.4, 0.5) is 5.82 Å². The molecule has 0 aliphatic carbocycles. The molecule has 3 rings (SSSR count). The highest BCUT2D eigenvalue weighted by Gasteiger charge is 2.25. The zero-order valence-corrected chi connectivity index (χ0v) is 13.4. The Kier molecular flexibility index (Phi) is 3.79. The molecule has 112 valence electrons. The lowest BCUT2D eigenvalue weighted by Gasteiger charge is -2.33. The molecular weight excluding hydrogens is 336 g/mol. The van der Waals surface area contributed by atoms with Crippen LogP contribution in [0.15, 0.2) is 10.9 Å². The Hall–Kier alpha value is -1.70. The normalized spacial score (nSPS) is 19.1. The summed E-state index contributed by atoms with van der Waals surface area (Å²) in [6, 6.07) is 0. The summed E-state index contributed by atoms with van der Waals surface area (Å²) in [6.07, 6.45) is 4.05. The van der Waals surface area contributed by atoms with Gasteiger partial charge in [0.1, 0.15) is 16.7 Å². The number of primary amides is 1. The Morgan fingerprint density at radius 3 is 3.10 bits per heavy atom. The zero-order valence-electron chi connectivity index (χ0n) is 11.8. The zero-order chi connectivity index (χ0) is 15.0. The molecule has 2 aromatic rings. The molecule has 0 bridgehead atoms. The van der Waals surface area contributed by atoms with Crippen molar-refractivity contribution in [2.75, 3.05) is 18.0 Å². The fraction of sp³-hybridized carbons (Fsp3) is 0.538. The van der Waals surface area contributed by atoms with Gasteiger partial charge in [-0.3, -0.25) is 4.79 Å². The number of halogens is 1. The molecule has 1 amide bonds. The summed E-state index contributed by atoms with van der Waals surface area (Å²) < 4.78 is 2.47. The standard InChI is InChI=1S/C13H17BrN6O/c1-19-12-10(11(14)18-19)13(17-7-16-12)20-4-2-3-8(6-20)5-9(15)21/h7-8H,2-6H2,1H3,(H2,15,21). The van der Waals surface area contributed by atoms with E-state index in [-0.39, 0.29) is 11.8 Å². The first-order valence-electron chi connectivity index (χ1n) is 6.92. The minimum absolute atomic E-state index is 0.239. The van der Waals surface area contributed by atoms with E-state index in [9.17, 15) is 4.79 Å². The van der Waals surface area contributed by atoms with Gasteiger partial charge in [0.15, 0.2) is 5.65 Å². The average molecular weight is 353 g/mol. The van der Waals surface area contributed by atoms with Crippen LogP contribution in [-0.2, 0) is 11.8 Å². The number of carbonyl (C=O) groups excluding carboxylic acids is 1. The molecule has 0 saturated carbocycles. The van der Waals surface area contributed by atoms with Crippen molar-refractivity contribution in [3.63, 3.8) is 0 Å². The Bertz CT molecular complexity index is 685. The molecule has 1 aliphatic heterocycles. The van der Waals surface area contributed by atoms with Crippen LogP contribution >= 0.6 is 15.9 Å². The average Bonchev–Trinajstić information content (AvgIpc) is 2.74. The van der Waals surface area contributed by atoms with Gasteiger partial charge in [-0.15, -0.1) is 0 Å². The minimum atomic E-state index is -0.239. The molecule has 1 atom stereocenters. The van der Waals surface area contributed by atoms with Gasteiger partial charge >= 0.3 is 0 Å². The van der Waals surface area contributed by atoms with Crippen molar-refractivity contribution in [2.45, 2.75) is 19.3 Å². The number of hydrogen-bond donors (Lipinski definition) is 1. The van der Waals surface area contributed by atoms with Crippen molar-refractivity contribution in [3.05, 3.63) is 10.9 Å². The number of amides is 1. The van der Waals surface area contributed by atoms with Gasteiger partial charge in [0.25, 0.3) is 0 Å². The van der Waals surface area contributed by atoms with Crippen LogP contribution in [0.1, 0.15) is 19.3 Å². The monoisotopic (exact) mass is 352 g/mol. The van der Waals surface area contributed by atoms with Crippen LogP contribution in [0.3, 0.4) is 0 Å². The molecule has 8 heteroatoms. The topological polar surface area (TPSA) is 89.9 Å². The predicted octanol–water partition coefficient (Wildman–Crippen LogP) is 1.22. The molecule has 7 nitrogen and oxygen atoms in total. The number of fused-ring (bicyclic) bond motifs is 1. The molecular formula is C13H17BrN6O. The first-order valence-corrected chi connectivity index (χ1v) is 7.72. The second kappa shape index (κ2) is 5.59. The second-order valence-corrected chi connectivity index (χ2v) is 6.19. The summed E-state index contributed by atoms with van der Waals surface area (Å²) >= 11 is 3.48. The van der Waals surface area contributed by atoms with Gasteiger partial charge in [-0.1, -0.05) is 0 Å². The molecule has 0 spiro atoms. The largest absolute Gasteiger partial charge is 0.370 e. The van der Waals surface area contributed by atoms with Crippen molar-refractivity contribution in [1.29, 1.82) is 0 Å². The van der Waals surface area contributed by atoms with E-state index in [0.29, 0.717) is 6.42 Å². The number of piperidine rings is 1. The maximum absolute atomic E-state index is 11.1. The van der Waals surface area contributed by atoms with Gasteiger partial charge in [-0.05, 0) is 34.7 Å². The summed E-state index contributed by atoms with van der Waals surface area (Å²) in [4.78, 5) is 22.1. The van der Waals surface area contributed by atoms with Gasteiger partial charge in [0.05, 0.1) is 5.39 Å². The quantitative estimate of drug-likeness (QED) is 0.896. The van der Waals surface area contributed by atoms with Crippen molar-refractivity contribution >= 4 is 38.7 Å². The van der Waals surface area contributed by atoms with Crippen molar-refractivity contribution in [3.8, 4) is 0 Å². The number of carbonyl (C=O) groups is 1. The van der Waals surface area contributed by atoms with Gasteiger partial charge in [-0.2, -0.15) is 5.10 Å². The molecule has 1 saturated heterocycles. The molecule has 1 unspecified atom stereocenters. The van der Waals surface area contributed by atoms with Crippen LogP contribution < -0.4 is 10.6 Å². The maximum Gasteiger partial charge on any atom is 0.217 e. The summed E-state index contributed by atoms with van der Waals surface area (Å²) in [5, 5.41) is 5.26. The van der Waals surface area contributed by atoms with Gasteiger partial charge < -0.3 is 10.6 Å². The Balaban J connectivity index is 1.94. The van der Waals surface area contributed by atoms with E-state index in [1.165, 1.54) is 0 Å². The summed E-state index contributed by atoms with van der Waals surface area (Å²) in [7, 11) is 1.86. The maximum atomic E-state index is 11.1. The number of hydrogen-bond acceptors (Lipinski definition) is 5. The Morgan fingerprint density at radius 2 is 2.33 bits per heavy atom. The third kappa shape index (κ3) is 2.72. The second-order valence-electron chi connectivity index (χ2n) is 5.44. The van der Waals surface area contributed by atoms with E-state index in [1.807, 2.05) is 7.05 Å². The van der Waals surface area contributed by atoms with E-state index < -0.39 is 0 Å². The Labute approximate surface area is 130 Å². The predicted molar refractivity (Wildman–Crippen MR) is 82.8 cm³/mol. The van der Waals surface area contributed by atoms with Crippen molar-refractivity contribution < 1.29 is 4.79 Å². The van der Waals surface area contributed by atoms with Gasteiger partial charge in [0, 0.05) is 26.6 Å². The smallest absolute Gasteiger partial charge is 0.217 e. The SMILES string of the molecule is Cn1nc(Br)c2c(N3CCCC(CC(N)=O)C3)ncnc21. The molecule has 0 radical (unpaired) electrons. The van der Waals surface area contributed by atoms with E-state index >= 15 is 0 Å². The molecule has 0 aromatic carbocycles. The fourth-order valence-electron chi connectivity index (χ4n) is 2.97. The number of aryl methyl sites for hydroxylation is 1. The van der Waals surface area contributed by atoms with E-state index in [1.54, 1.807) is 11.0 Å². The van der Waals surface area contributed by atoms with Gasteiger partial charge in [-0.25, -0.2) is 14.6 Å². The first kappa shape index (κ1) is 14.2. The van der Waals surface area contributed by atoms with E-state index in [4.69, 9.17) is 5.73 Å². The minimum Gasteiger partial charge on any atom is -0.370 e. The Morgan fingerprint density at radius 1 is 1.52 bits per heavy atom. The summed E-state index contributed by atoms with van der Waals surface area (Å²) in [5.41, 5.74) is 6.12. The third-order valence-electron chi connectivity index (χ3n) is 3.87.